The van der Waals surface area contributed by atoms with Crippen molar-refractivity contribution in [3.63, 3.8) is 0 Å². The molecule has 0 radical (unpaired) electrons. The van der Waals surface area contributed by atoms with Gasteiger partial charge in [-0.15, -0.1) is 0 Å². The molecule has 0 spiro atoms. The quantitative estimate of drug-likeness (QED) is 0.0588. The monoisotopic (exact) mass is 1100 g/mol. The molecule has 26 heteroatoms. The van der Waals surface area contributed by atoms with Crippen molar-refractivity contribution in [3.05, 3.63) is 83.3 Å². The first-order valence-corrected chi connectivity index (χ1v) is 25.4. The highest BCUT2D eigenvalue weighted by atomic mass is 16.8. The van der Waals surface area contributed by atoms with Gasteiger partial charge in [0.15, 0.2) is 12.6 Å². The highest BCUT2D eigenvalue weighted by Crippen LogP contribution is 2.59. The number of methoxy groups -OCH3 is 2. The van der Waals surface area contributed by atoms with Crippen LogP contribution in [0, 0.1) is 47.3 Å². The lowest BCUT2D eigenvalue weighted by Gasteiger charge is -2.50. The lowest BCUT2D eigenvalue weighted by molar-refractivity contribution is -0.343. The largest absolute Gasteiger partial charge is 0.508 e. The Bertz CT molecular complexity index is 2340. The third-order valence-electron chi connectivity index (χ3n) is 16.5. The second-order valence-corrected chi connectivity index (χ2v) is 20.7. The number of ether oxygens (including phenoxy) is 10. The zero-order valence-electron chi connectivity index (χ0n) is 42.0. The van der Waals surface area contributed by atoms with Gasteiger partial charge in [0.2, 0.25) is 12.6 Å². The summed E-state index contributed by atoms with van der Waals surface area (Å²) >= 11 is 0. The summed E-state index contributed by atoms with van der Waals surface area (Å²) in [4.78, 5) is 55.8. The molecule has 0 amide bonds. The summed E-state index contributed by atoms with van der Waals surface area (Å²) < 4.78 is 56.9. The lowest BCUT2D eigenvalue weighted by atomic mass is 9.52. The fourth-order valence-electron chi connectivity index (χ4n) is 12.4. The van der Waals surface area contributed by atoms with E-state index < -0.39 is 196 Å². The number of carbonyl (C=O) groups excluding carboxylic acids is 4. The maximum atomic E-state index is 14.9. The smallest absolute Gasteiger partial charge is 0.337 e. The van der Waals surface area contributed by atoms with E-state index in [4.69, 9.17) is 47.4 Å². The van der Waals surface area contributed by atoms with Crippen molar-refractivity contribution >= 4 is 23.9 Å². The molecular formula is C52H64O26. The first kappa shape index (κ1) is 57.1. The molecule has 428 valence electrons. The van der Waals surface area contributed by atoms with E-state index >= 15 is 0 Å². The van der Waals surface area contributed by atoms with Crippen LogP contribution in [0.5, 0.6) is 11.5 Å². The van der Waals surface area contributed by atoms with Crippen molar-refractivity contribution in [3.8, 4) is 11.5 Å². The molecule has 2 aromatic carbocycles. The Morgan fingerprint density at radius 2 is 0.872 bits per heavy atom. The van der Waals surface area contributed by atoms with Crippen molar-refractivity contribution in [2.45, 2.75) is 111 Å². The van der Waals surface area contributed by atoms with Crippen LogP contribution in [0.4, 0.5) is 0 Å². The van der Waals surface area contributed by atoms with Gasteiger partial charge in [-0.05, 0) is 48.2 Å². The number of fused-ring (bicyclic) bond motifs is 2. The van der Waals surface area contributed by atoms with Crippen LogP contribution < -0.4 is 0 Å². The predicted molar refractivity (Wildman–Crippen MR) is 252 cm³/mol. The summed E-state index contributed by atoms with van der Waals surface area (Å²) in [6.07, 6.45) is -20.6. The molecule has 3 saturated carbocycles. The number of phenols is 2. The molecule has 2 aromatic rings. The molecule has 4 unspecified atom stereocenters. The average molecular weight is 1110 g/mol. The van der Waals surface area contributed by atoms with E-state index in [0.717, 1.165) is 26.7 Å². The maximum Gasteiger partial charge on any atom is 0.337 e. The topological polar surface area (TPSA) is 403 Å². The number of aromatic hydroxyl groups is 2. The van der Waals surface area contributed by atoms with Gasteiger partial charge in [0, 0.05) is 47.3 Å². The molecule has 5 fully saturated rings. The summed E-state index contributed by atoms with van der Waals surface area (Å²) in [7, 11) is 2.27. The summed E-state index contributed by atoms with van der Waals surface area (Å²) in [5.41, 5.74) is 0.740. The summed E-state index contributed by atoms with van der Waals surface area (Å²) in [6.45, 7) is -2.65. The molecule has 7 aliphatic rings. The summed E-state index contributed by atoms with van der Waals surface area (Å²) in [5, 5.41) is 127. The number of esters is 4. The molecule has 26 nitrogen and oxygen atoms in total. The second kappa shape index (κ2) is 23.6. The van der Waals surface area contributed by atoms with Gasteiger partial charge in [0.25, 0.3) is 0 Å². The maximum absolute atomic E-state index is 14.9. The molecule has 3 aliphatic carbocycles. The van der Waals surface area contributed by atoms with Gasteiger partial charge < -0.3 is 109 Å². The Balaban J connectivity index is 0.983. The first-order chi connectivity index (χ1) is 37.3. The summed E-state index contributed by atoms with van der Waals surface area (Å²) in [5.74, 6) is -14.2. The number of phenolic OH excluding ortho intramolecular Hbond substituents is 2. The van der Waals surface area contributed by atoms with Gasteiger partial charge in [0.1, 0.15) is 60.3 Å². The minimum Gasteiger partial charge on any atom is -0.508 e. The number of rotatable bonds is 16. The van der Waals surface area contributed by atoms with Crippen molar-refractivity contribution in [2.24, 2.45) is 47.3 Å². The lowest BCUT2D eigenvalue weighted by Crippen LogP contribution is -2.60. The molecule has 78 heavy (non-hydrogen) atoms. The van der Waals surface area contributed by atoms with Crippen LogP contribution in [-0.4, -0.2) is 212 Å². The third-order valence-corrected chi connectivity index (χ3v) is 16.5. The van der Waals surface area contributed by atoms with Crippen LogP contribution in [0.15, 0.2) is 72.2 Å². The van der Waals surface area contributed by atoms with E-state index in [1.165, 1.54) is 48.5 Å². The zero-order valence-corrected chi connectivity index (χ0v) is 42.0. The average Bonchev–Trinajstić information content (AvgIpc) is 4.06. The zero-order chi connectivity index (χ0) is 56.0. The standard InChI is InChI=1S/C52H64O26/c1-69-45(65)25-15-73-49(77-51-43(63)41(61)39(59)31(13-53)75-51)35-23(25)11-29(57)27(35)17-71-47(67)37-33(19-3-7-21(55)8-4-19)38(34(37)20-5-9-22(56)10-6-20)48(68)72-18-28-30(58)12-24-26(46(66)70-2)16-74-50(36(24)28)78-52-44(64)42(62)40(60)32(14-54)76-52/h3-10,15-16,23-24,27-44,49-64H,11-14,17-18H2,1-2H3/t23?,24?,27-,28-,29-,30-,31+,32+,33?,34?,35?,36?,37?,38?,39+,40+,41-,42-,43+,44+,49-,50-,51-,52-/m0/s1. The van der Waals surface area contributed by atoms with E-state index in [1.54, 1.807) is 0 Å². The van der Waals surface area contributed by atoms with Crippen molar-refractivity contribution in [2.75, 3.05) is 40.6 Å². The number of carbonyl (C=O) groups is 4. The van der Waals surface area contributed by atoms with Gasteiger partial charge in [-0.3, -0.25) is 9.59 Å². The molecule has 0 aromatic heterocycles. The number of hydrogen-bond acceptors (Lipinski definition) is 26. The predicted octanol–water partition coefficient (Wildman–Crippen LogP) is -3.02. The van der Waals surface area contributed by atoms with Gasteiger partial charge in [-0.1, -0.05) is 24.3 Å². The van der Waals surface area contributed by atoms with E-state index in [1.807, 2.05) is 0 Å². The molecule has 0 bridgehead atoms. The van der Waals surface area contributed by atoms with Crippen LogP contribution in [-0.2, 0) is 66.5 Å². The highest BCUT2D eigenvalue weighted by molar-refractivity contribution is 5.89. The number of aliphatic hydroxyl groups is 10. The second-order valence-electron chi connectivity index (χ2n) is 20.7. The number of hydrogen-bond donors (Lipinski definition) is 12. The minimum atomic E-state index is -1.86. The van der Waals surface area contributed by atoms with Crippen LogP contribution >= 0.6 is 0 Å². The SMILES string of the molecule is COC(=O)C1=CO[C@@H](O[C@@H]2O[C@H](CO)[C@@H](O)[C@H](O)[C@H]2O)C2C1C[C@H](O)[C@@H]2COC(=O)C1C(c2ccc(O)cc2)C(C(=O)OC[C@@H]2C3C(C[C@@H]2O)C(C(=O)OC)=CO[C@H]3O[C@@H]2O[C@H](CO)[C@@H](O)[C@H](O)[C@H]2O)C1c1ccc(O)cc1. The molecular weight excluding hydrogens is 1040 g/mol. The molecule has 4 aliphatic heterocycles. The van der Waals surface area contributed by atoms with Gasteiger partial charge in [-0.25, -0.2) is 9.59 Å². The fourth-order valence-corrected chi connectivity index (χ4v) is 12.4. The molecule has 20 atom stereocenters. The first-order valence-electron chi connectivity index (χ1n) is 25.4. The van der Waals surface area contributed by atoms with Crippen LogP contribution in [0.3, 0.4) is 0 Å². The number of benzene rings is 2. The van der Waals surface area contributed by atoms with Crippen LogP contribution in [0.1, 0.15) is 35.8 Å². The Morgan fingerprint density at radius 1 is 0.513 bits per heavy atom. The van der Waals surface area contributed by atoms with Crippen molar-refractivity contribution in [1.82, 2.24) is 0 Å². The van der Waals surface area contributed by atoms with E-state index in [2.05, 4.69) is 0 Å². The summed E-state index contributed by atoms with van der Waals surface area (Å²) in [6, 6.07) is 11.3. The van der Waals surface area contributed by atoms with Crippen LogP contribution in [0.25, 0.3) is 0 Å². The minimum absolute atomic E-state index is 0.00181. The normalized spacial score (nSPS) is 40.8. The Morgan fingerprint density at radius 3 is 1.21 bits per heavy atom. The number of aliphatic hydroxyl groups excluding tert-OH is 10. The van der Waals surface area contributed by atoms with Crippen molar-refractivity contribution < 1.29 is 128 Å². The molecule has 9 rings (SSSR count). The van der Waals surface area contributed by atoms with Gasteiger partial charge in [0.05, 0.1) is 88.4 Å². The van der Waals surface area contributed by atoms with Gasteiger partial charge in [-0.2, -0.15) is 0 Å². The van der Waals surface area contributed by atoms with E-state index in [-0.39, 0.29) is 35.5 Å². The molecule has 2 saturated heterocycles. The molecule has 12 N–H and O–H groups in total. The van der Waals surface area contributed by atoms with Gasteiger partial charge >= 0.3 is 23.9 Å². The van der Waals surface area contributed by atoms with Crippen molar-refractivity contribution in [1.29, 1.82) is 0 Å². The van der Waals surface area contributed by atoms with E-state index in [0.29, 0.717) is 11.1 Å². The highest BCUT2D eigenvalue weighted by Gasteiger charge is 2.62. The van der Waals surface area contributed by atoms with E-state index in [9.17, 15) is 80.5 Å². The third kappa shape index (κ3) is 10.7. The van der Waals surface area contributed by atoms with Crippen LogP contribution in [0.2, 0.25) is 0 Å². The Kier molecular flexibility index (Phi) is 17.3. The molecule has 4 heterocycles. The Hall–Kier alpha value is -5.56. The fraction of sp³-hybridized carbons (Fsp3) is 0.615. The Labute approximate surface area is 444 Å².